The van der Waals surface area contributed by atoms with Crippen molar-refractivity contribution in [1.29, 1.82) is 0 Å². The second kappa shape index (κ2) is 9.91. The summed E-state index contributed by atoms with van der Waals surface area (Å²) in [5.41, 5.74) is -0.371. The van der Waals surface area contributed by atoms with Gasteiger partial charge in [0.2, 0.25) is 5.91 Å². The molecule has 1 N–H and O–H groups in total. The van der Waals surface area contributed by atoms with Crippen LogP contribution in [0.15, 0.2) is 6.07 Å². The van der Waals surface area contributed by atoms with E-state index in [1.807, 2.05) is 4.90 Å². The first-order valence-corrected chi connectivity index (χ1v) is 13.6. The minimum absolute atomic E-state index is 0.126. The lowest BCUT2D eigenvalue weighted by atomic mass is 9.92. The molecule has 3 amide bonds. The summed E-state index contributed by atoms with van der Waals surface area (Å²) < 4.78 is 1.56. The highest BCUT2D eigenvalue weighted by molar-refractivity contribution is 6.01. The van der Waals surface area contributed by atoms with Gasteiger partial charge in [-0.3, -0.25) is 24.0 Å². The fourth-order valence-electron chi connectivity index (χ4n) is 6.32. The number of nitrogens with zero attached hydrogens (tertiary/aromatic N) is 5. The van der Waals surface area contributed by atoms with Gasteiger partial charge in [0.15, 0.2) is 5.69 Å². The van der Waals surface area contributed by atoms with E-state index in [0.29, 0.717) is 30.5 Å². The van der Waals surface area contributed by atoms with Gasteiger partial charge in [-0.05, 0) is 32.6 Å². The van der Waals surface area contributed by atoms with Crippen molar-refractivity contribution in [2.24, 2.45) is 0 Å². The molecule has 1 aromatic heterocycles. The van der Waals surface area contributed by atoms with E-state index >= 15 is 0 Å². The van der Waals surface area contributed by atoms with Crippen LogP contribution in [0.2, 0.25) is 0 Å². The van der Waals surface area contributed by atoms with E-state index in [1.54, 1.807) is 24.7 Å². The topological polar surface area (TPSA) is 90.8 Å². The maximum Gasteiger partial charge on any atom is 0.274 e. The van der Waals surface area contributed by atoms with Gasteiger partial charge in [-0.1, -0.05) is 38.5 Å². The number of piperazine rings is 1. The van der Waals surface area contributed by atoms with Crippen LogP contribution in [0.1, 0.15) is 92.1 Å². The van der Waals surface area contributed by atoms with Crippen molar-refractivity contribution < 1.29 is 14.4 Å². The second-order valence-corrected chi connectivity index (χ2v) is 11.1. The van der Waals surface area contributed by atoms with Crippen LogP contribution >= 0.6 is 0 Å². The van der Waals surface area contributed by atoms with Crippen molar-refractivity contribution in [2.45, 2.75) is 95.3 Å². The molecule has 1 aromatic rings. The Kier molecular flexibility index (Phi) is 6.88. The van der Waals surface area contributed by atoms with Crippen LogP contribution in [0.25, 0.3) is 0 Å². The van der Waals surface area contributed by atoms with Crippen molar-refractivity contribution in [2.75, 3.05) is 33.2 Å². The normalized spacial score (nSPS) is 27.1. The van der Waals surface area contributed by atoms with Crippen molar-refractivity contribution in [3.63, 3.8) is 0 Å². The lowest BCUT2D eigenvalue weighted by Gasteiger charge is -2.42. The minimum atomic E-state index is -1.04. The standard InChI is InChI=1S/C26H40N6O3/c1-26(25(35)27-19-9-5-3-6-10-19)18-32-22(24(34)29(26)2)17-21(28-32)23(33)31-15-13-30(14-16-31)20-11-7-4-8-12-20/h17,19-20H,3-16,18H2,1-2H3,(H,27,35). The summed E-state index contributed by atoms with van der Waals surface area (Å²) in [5.74, 6) is -0.543. The number of carbonyl (C=O) groups is 3. The molecule has 1 saturated heterocycles. The number of rotatable bonds is 4. The minimum Gasteiger partial charge on any atom is -0.351 e. The molecule has 9 heteroatoms. The van der Waals surface area contributed by atoms with Gasteiger partial charge in [-0.15, -0.1) is 0 Å². The van der Waals surface area contributed by atoms with Crippen molar-refractivity contribution in [3.05, 3.63) is 17.5 Å². The van der Waals surface area contributed by atoms with E-state index in [1.165, 1.54) is 43.4 Å². The fraction of sp³-hybridized carbons (Fsp3) is 0.769. The molecule has 1 unspecified atom stereocenters. The third-order valence-electron chi connectivity index (χ3n) is 8.84. The summed E-state index contributed by atoms with van der Waals surface area (Å²) in [4.78, 5) is 45.7. The average Bonchev–Trinajstić information content (AvgIpc) is 3.32. The molecule has 3 fully saturated rings. The first-order chi connectivity index (χ1) is 16.9. The Morgan fingerprint density at radius 3 is 2.26 bits per heavy atom. The van der Waals surface area contributed by atoms with Gasteiger partial charge in [0, 0.05) is 51.4 Å². The molecule has 2 saturated carbocycles. The van der Waals surface area contributed by atoms with Crippen LogP contribution < -0.4 is 5.32 Å². The first-order valence-electron chi connectivity index (χ1n) is 13.6. The maximum absolute atomic E-state index is 13.3. The van der Waals surface area contributed by atoms with E-state index in [2.05, 4.69) is 15.3 Å². The molecule has 9 nitrogen and oxygen atoms in total. The molecule has 3 heterocycles. The molecule has 192 valence electrons. The van der Waals surface area contributed by atoms with Crippen LogP contribution in [0.4, 0.5) is 0 Å². The van der Waals surface area contributed by atoms with Gasteiger partial charge < -0.3 is 15.1 Å². The number of likely N-dealkylation sites (N-methyl/N-ethyl adjacent to an activating group) is 1. The molecule has 0 bridgehead atoms. The summed E-state index contributed by atoms with van der Waals surface area (Å²) in [5, 5.41) is 7.70. The summed E-state index contributed by atoms with van der Waals surface area (Å²) in [6, 6.07) is 2.43. The smallest absolute Gasteiger partial charge is 0.274 e. The van der Waals surface area contributed by atoms with Crippen LogP contribution in [0.3, 0.4) is 0 Å². The molecular weight excluding hydrogens is 444 g/mol. The summed E-state index contributed by atoms with van der Waals surface area (Å²) in [7, 11) is 1.67. The van der Waals surface area contributed by atoms with Gasteiger partial charge in [0.1, 0.15) is 11.2 Å². The van der Waals surface area contributed by atoms with Crippen molar-refractivity contribution in [1.82, 2.24) is 29.8 Å². The van der Waals surface area contributed by atoms with Crippen molar-refractivity contribution in [3.8, 4) is 0 Å². The Labute approximate surface area is 208 Å². The Bertz CT molecular complexity index is 956. The van der Waals surface area contributed by atoms with Gasteiger partial charge in [0.05, 0.1) is 6.54 Å². The van der Waals surface area contributed by atoms with Crippen LogP contribution in [-0.2, 0) is 11.3 Å². The number of hydrogen-bond acceptors (Lipinski definition) is 5. The second-order valence-electron chi connectivity index (χ2n) is 11.1. The number of amides is 3. The molecule has 1 atom stereocenters. The molecule has 2 aliphatic heterocycles. The van der Waals surface area contributed by atoms with Crippen molar-refractivity contribution >= 4 is 17.7 Å². The lowest BCUT2D eigenvalue weighted by Crippen LogP contribution is -2.63. The predicted molar refractivity (Wildman–Crippen MR) is 132 cm³/mol. The number of nitrogens with one attached hydrogen (secondary N) is 1. The van der Waals surface area contributed by atoms with Gasteiger partial charge in [-0.2, -0.15) is 5.10 Å². The van der Waals surface area contributed by atoms with Crippen LogP contribution in [0.5, 0.6) is 0 Å². The van der Waals surface area contributed by atoms with Gasteiger partial charge in [-0.25, -0.2) is 0 Å². The molecule has 5 rings (SSSR count). The molecule has 2 aliphatic carbocycles. The monoisotopic (exact) mass is 484 g/mol. The Hall–Kier alpha value is -2.42. The molecule has 0 radical (unpaired) electrons. The van der Waals surface area contributed by atoms with Crippen LogP contribution in [-0.4, -0.2) is 93.1 Å². The number of fused-ring (bicyclic) bond motifs is 1. The molecule has 35 heavy (non-hydrogen) atoms. The van der Waals surface area contributed by atoms with E-state index < -0.39 is 5.54 Å². The zero-order valence-electron chi connectivity index (χ0n) is 21.3. The number of hydrogen-bond donors (Lipinski definition) is 1. The zero-order valence-corrected chi connectivity index (χ0v) is 21.3. The highest BCUT2D eigenvalue weighted by atomic mass is 16.2. The quantitative estimate of drug-likeness (QED) is 0.708. The third-order valence-corrected chi connectivity index (χ3v) is 8.84. The zero-order chi connectivity index (χ0) is 24.6. The van der Waals surface area contributed by atoms with E-state index in [-0.39, 0.29) is 30.3 Å². The molecule has 0 spiro atoms. The van der Waals surface area contributed by atoms with E-state index in [4.69, 9.17) is 0 Å². The Morgan fingerprint density at radius 1 is 0.971 bits per heavy atom. The maximum atomic E-state index is 13.3. The number of carbonyl (C=O) groups excluding carboxylic acids is 3. The summed E-state index contributed by atoms with van der Waals surface area (Å²) in [6.45, 7) is 5.20. The van der Waals surface area contributed by atoms with E-state index in [9.17, 15) is 14.4 Å². The summed E-state index contributed by atoms with van der Waals surface area (Å²) >= 11 is 0. The lowest BCUT2D eigenvalue weighted by molar-refractivity contribution is -0.133. The van der Waals surface area contributed by atoms with E-state index in [0.717, 1.165) is 38.8 Å². The highest BCUT2D eigenvalue weighted by Crippen LogP contribution is 2.28. The molecule has 4 aliphatic rings. The van der Waals surface area contributed by atoms with Gasteiger partial charge in [0.25, 0.3) is 11.8 Å². The Morgan fingerprint density at radius 2 is 1.60 bits per heavy atom. The molecule has 0 aromatic carbocycles. The largest absolute Gasteiger partial charge is 0.351 e. The average molecular weight is 485 g/mol. The van der Waals surface area contributed by atoms with Gasteiger partial charge >= 0.3 is 0 Å². The number of aromatic nitrogens is 2. The Balaban J connectivity index is 1.25. The first kappa shape index (κ1) is 24.3. The highest BCUT2D eigenvalue weighted by Gasteiger charge is 2.47. The third kappa shape index (κ3) is 4.71. The summed E-state index contributed by atoms with van der Waals surface area (Å²) in [6.07, 6.45) is 11.9. The molecular formula is C26H40N6O3. The predicted octanol–water partition coefficient (Wildman–Crippen LogP) is 2.27. The SMILES string of the molecule is CN1C(=O)c2cc(C(=O)N3CCN(C4CCCCC4)CC3)nn2CC1(C)C(=O)NC1CCCCC1. The van der Waals surface area contributed by atoms with Crippen LogP contribution in [0, 0.1) is 0 Å². The fourth-order valence-corrected chi connectivity index (χ4v) is 6.32.